The number of hydrogen-bond acceptors (Lipinski definition) is 2. The topological polar surface area (TPSA) is 21.6 Å². The average molecular weight is 464 g/mol. The third-order valence-corrected chi connectivity index (χ3v) is 21.4. The quantitative estimate of drug-likeness (QED) is 0.359. The summed E-state index contributed by atoms with van der Waals surface area (Å²) in [6.07, 6.45) is 6.67. The normalized spacial score (nSPS) is 17.7. The molecular weight excluding hydrogens is 425 g/mol. The minimum absolute atomic E-state index is 0.0339. The first-order chi connectivity index (χ1) is 12.4. The molecule has 2 nitrogen and oxygen atoms in total. The van der Waals surface area contributed by atoms with Gasteiger partial charge in [-0.3, -0.25) is 0 Å². The van der Waals surface area contributed by atoms with Crippen LogP contribution in [0.1, 0.15) is 66.7 Å². The van der Waals surface area contributed by atoms with Crippen molar-refractivity contribution in [3.63, 3.8) is 0 Å². The Morgan fingerprint density at radius 1 is 1.04 bits per heavy atom. The van der Waals surface area contributed by atoms with Crippen molar-refractivity contribution in [2.24, 2.45) is 10.9 Å². The zero-order valence-electron chi connectivity index (χ0n) is 17.7. The van der Waals surface area contributed by atoms with Crippen LogP contribution in [0.2, 0.25) is 13.3 Å². The summed E-state index contributed by atoms with van der Waals surface area (Å²) < 4.78 is 12.1. The molecule has 1 atom stereocenters. The Morgan fingerprint density at radius 2 is 1.65 bits per heavy atom. The van der Waals surface area contributed by atoms with Crippen LogP contribution in [0.25, 0.3) is 0 Å². The molecule has 0 amide bonds. The Morgan fingerprint density at radius 3 is 2.15 bits per heavy atom. The Balaban J connectivity index is 2.17. The van der Waals surface area contributed by atoms with Gasteiger partial charge < -0.3 is 0 Å². The molecule has 1 aromatic carbocycles. The summed E-state index contributed by atoms with van der Waals surface area (Å²) in [5, 5.41) is 0. The summed E-state index contributed by atoms with van der Waals surface area (Å²) in [5.41, 5.74) is -0.0339. The molecule has 1 heterocycles. The van der Waals surface area contributed by atoms with Gasteiger partial charge in [0, 0.05) is 0 Å². The van der Waals surface area contributed by atoms with Crippen molar-refractivity contribution in [1.29, 1.82) is 0 Å². The molecular formula is C23H39NOSn. The minimum atomic E-state index is -2.38. The van der Waals surface area contributed by atoms with Crippen molar-refractivity contribution in [1.82, 2.24) is 0 Å². The van der Waals surface area contributed by atoms with Crippen molar-refractivity contribution in [3.05, 3.63) is 30.3 Å². The zero-order chi connectivity index (χ0) is 19.0. The van der Waals surface area contributed by atoms with E-state index in [0.717, 1.165) is 12.5 Å². The van der Waals surface area contributed by atoms with E-state index in [2.05, 4.69) is 65.0 Å². The van der Waals surface area contributed by atoms with Crippen LogP contribution in [0.3, 0.4) is 0 Å². The first-order valence-electron chi connectivity index (χ1n) is 10.7. The van der Waals surface area contributed by atoms with Crippen LogP contribution >= 0.6 is 0 Å². The van der Waals surface area contributed by atoms with E-state index < -0.39 is 18.4 Å². The first kappa shape index (κ1) is 21.8. The molecule has 0 saturated carbocycles. The van der Waals surface area contributed by atoms with Crippen LogP contribution in [-0.4, -0.2) is 36.4 Å². The average Bonchev–Trinajstić information content (AvgIpc) is 3.02. The predicted octanol–water partition coefficient (Wildman–Crippen LogP) is 6.18. The number of unbranched alkanes of at least 4 members (excludes halogenated alkanes) is 2. The molecule has 1 aromatic rings. The molecule has 26 heavy (non-hydrogen) atoms. The summed E-state index contributed by atoms with van der Waals surface area (Å²) in [5.74, 6) is 1.47. The number of hydrogen-bond donors (Lipinski definition) is 0. The predicted molar refractivity (Wildman–Crippen MR) is 117 cm³/mol. The van der Waals surface area contributed by atoms with E-state index in [1.807, 2.05) is 0 Å². The monoisotopic (exact) mass is 465 g/mol. The van der Waals surface area contributed by atoms with E-state index >= 15 is 0 Å². The SMILES string of the molecule is CCC[CH2][Sn]([CH2]CCC)([CH2]CC(C)C1=NC(C)(C)CO1)[c]1ccccc1. The summed E-state index contributed by atoms with van der Waals surface area (Å²) in [4.78, 5) is 4.84. The number of benzene rings is 1. The third-order valence-electron chi connectivity index (χ3n) is 5.87. The molecule has 1 aliphatic heterocycles. The van der Waals surface area contributed by atoms with Gasteiger partial charge in [-0.15, -0.1) is 0 Å². The van der Waals surface area contributed by atoms with Gasteiger partial charge in [-0.25, -0.2) is 0 Å². The van der Waals surface area contributed by atoms with Crippen LogP contribution in [-0.2, 0) is 4.74 Å². The van der Waals surface area contributed by atoms with Crippen LogP contribution in [0.15, 0.2) is 35.3 Å². The Labute approximate surface area is 165 Å². The molecule has 0 N–H and O–H groups in total. The molecule has 2 rings (SSSR count). The second kappa shape index (κ2) is 10.1. The van der Waals surface area contributed by atoms with Gasteiger partial charge in [0.15, 0.2) is 0 Å². The van der Waals surface area contributed by atoms with Crippen molar-refractivity contribution in [3.8, 4) is 0 Å². The molecule has 1 unspecified atom stereocenters. The van der Waals surface area contributed by atoms with Crippen molar-refractivity contribution >= 4 is 27.9 Å². The Kier molecular flexibility index (Phi) is 8.50. The molecule has 0 radical (unpaired) electrons. The van der Waals surface area contributed by atoms with Crippen LogP contribution in [0.5, 0.6) is 0 Å². The van der Waals surface area contributed by atoms with Gasteiger partial charge in [-0.2, -0.15) is 0 Å². The first-order valence-corrected chi connectivity index (χ1v) is 18.2. The number of rotatable bonds is 11. The molecule has 0 saturated heterocycles. The van der Waals surface area contributed by atoms with Gasteiger partial charge in [0.2, 0.25) is 0 Å². The summed E-state index contributed by atoms with van der Waals surface area (Å²) in [7, 11) is 0. The van der Waals surface area contributed by atoms with Gasteiger partial charge >= 0.3 is 166 Å². The van der Waals surface area contributed by atoms with Crippen LogP contribution in [0, 0.1) is 5.92 Å². The molecule has 146 valence electrons. The fraction of sp³-hybridized carbons (Fsp3) is 0.696. The van der Waals surface area contributed by atoms with Crippen molar-refractivity contribution in [2.75, 3.05) is 6.61 Å². The summed E-state index contributed by atoms with van der Waals surface area (Å²) >= 11 is -2.38. The fourth-order valence-electron chi connectivity index (χ4n) is 4.11. The molecule has 0 aliphatic carbocycles. The van der Waals surface area contributed by atoms with E-state index in [-0.39, 0.29) is 5.54 Å². The van der Waals surface area contributed by atoms with Crippen molar-refractivity contribution < 1.29 is 4.74 Å². The van der Waals surface area contributed by atoms with Gasteiger partial charge in [0.25, 0.3) is 0 Å². The van der Waals surface area contributed by atoms with E-state index in [9.17, 15) is 0 Å². The Bertz CT molecular complexity index is 559. The van der Waals surface area contributed by atoms with Gasteiger partial charge in [0.1, 0.15) is 0 Å². The van der Waals surface area contributed by atoms with Gasteiger partial charge in [0.05, 0.1) is 0 Å². The number of ether oxygens (including phenoxy) is 1. The third kappa shape index (κ3) is 6.00. The second-order valence-electron chi connectivity index (χ2n) is 8.84. The van der Waals surface area contributed by atoms with Gasteiger partial charge in [-0.1, -0.05) is 0 Å². The van der Waals surface area contributed by atoms with E-state index in [0.29, 0.717) is 5.92 Å². The summed E-state index contributed by atoms with van der Waals surface area (Å²) in [6.45, 7) is 12.1. The molecule has 0 fully saturated rings. The van der Waals surface area contributed by atoms with Crippen LogP contribution in [0.4, 0.5) is 0 Å². The second-order valence-corrected chi connectivity index (χ2v) is 22.1. The zero-order valence-corrected chi connectivity index (χ0v) is 20.5. The molecule has 3 heteroatoms. The van der Waals surface area contributed by atoms with E-state index in [4.69, 9.17) is 9.73 Å². The number of aliphatic imine (C=N–C) groups is 1. The Hall–Kier alpha value is -0.511. The maximum atomic E-state index is 5.94. The number of nitrogens with zero attached hydrogens (tertiary/aromatic N) is 1. The van der Waals surface area contributed by atoms with Crippen LogP contribution < -0.4 is 3.58 Å². The maximum absolute atomic E-state index is 5.94. The standard InChI is InChI=1S/C9H16NO.C6H5.2C4H9.Sn/c1-5-7(2)8-10-9(3,4)6-11-8;1-2-4-6-5-3-1;2*1-3-4-2;/h7H,1,5-6H2,2-4H3;1-5H;2*1,3-4H2,2H3;. The fourth-order valence-corrected chi connectivity index (χ4v) is 20.0. The van der Waals surface area contributed by atoms with E-state index in [1.165, 1.54) is 45.4 Å². The summed E-state index contributed by atoms with van der Waals surface area (Å²) in [6, 6.07) is 11.6. The van der Waals surface area contributed by atoms with Gasteiger partial charge in [-0.05, 0) is 0 Å². The molecule has 0 aromatic heterocycles. The molecule has 1 aliphatic rings. The molecule has 0 bridgehead atoms. The van der Waals surface area contributed by atoms with Crippen molar-refractivity contribution in [2.45, 2.75) is 85.6 Å². The van der Waals surface area contributed by atoms with E-state index in [1.54, 1.807) is 3.58 Å². The molecule has 0 spiro atoms.